The Kier molecular flexibility index (Phi) is 8.65. The molecule has 2 nitrogen and oxygen atoms in total. The first kappa shape index (κ1) is 23.3. The number of aliphatic hydroxyl groups excluding tert-OH is 1. The van der Waals surface area contributed by atoms with Crippen molar-refractivity contribution < 1.29 is 42.2 Å². The minimum absolute atomic E-state index is 0. The fourth-order valence-electron chi connectivity index (χ4n) is 4.45. The summed E-state index contributed by atoms with van der Waals surface area (Å²) in [6, 6.07) is 12.4. The van der Waals surface area contributed by atoms with E-state index in [2.05, 4.69) is 34.6 Å². The zero-order chi connectivity index (χ0) is 19.5. The quantitative estimate of drug-likeness (QED) is 0.335. The summed E-state index contributed by atoms with van der Waals surface area (Å²) in [5, 5.41) is 15.2. The Balaban J connectivity index is 0.00000240. The number of pyridine rings is 1. The summed E-state index contributed by atoms with van der Waals surface area (Å²) >= 11 is 8.04. The van der Waals surface area contributed by atoms with Crippen LogP contribution in [0.25, 0.3) is 10.8 Å². The standard InChI is InChI=1S/C23H24ClFNOS.Y/c24-21-19(9-7-15-6-8-17-14-26-11-10-16(17)13-15)20(23(27)22(21)25)5-1-3-18-4-2-12-28-18;/h2,4,6,8,10-11,13-14,19-23,27H,1,3,5,7,9H2;/q-1;/t19-,20-,21?,22?,23?;/m1./s1. The van der Waals surface area contributed by atoms with E-state index in [-0.39, 0.29) is 44.5 Å². The minimum Gasteiger partial charge on any atom is -0.390 e. The SMILES string of the molecule is OC1C(F)C(Cl)[C@H](CCc2ccc3cnccc3c2)[C@H]1CCCc1cc[c-]s1.[Y]. The summed E-state index contributed by atoms with van der Waals surface area (Å²) in [5.74, 6) is -0.0826. The van der Waals surface area contributed by atoms with Gasteiger partial charge in [-0.3, -0.25) is 4.98 Å². The molecule has 29 heavy (non-hydrogen) atoms. The molecule has 3 aromatic rings. The maximum absolute atomic E-state index is 14.5. The van der Waals surface area contributed by atoms with E-state index in [1.807, 2.05) is 18.3 Å². The Labute approximate surface area is 205 Å². The van der Waals surface area contributed by atoms with Gasteiger partial charge in [-0.1, -0.05) is 31.0 Å². The van der Waals surface area contributed by atoms with Gasteiger partial charge in [0.2, 0.25) is 0 Å². The number of benzene rings is 1. The summed E-state index contributed by atoms with van der Waals surface area (Å²) in [4.78, 5) is 5.43. The van der Waals surface area contributed by atoms with Gasteiger partial charge in [-0.15, -0.1) is 21.9 Å². The monoisotopic (exact) mass is 505 g/mol. The van der Waals surface area contributed by atoms with E-state index in [9.17, 15) is 9.50 Å². The predicted octanol–water partition coefficient (Wildman–Crippen LogP) is 5.60. The van der Waals surface area contributed by atoms with Crippen LogP contribution in [0.4, 0.5) is 4.39 Å². The topological polar surface area (TPSA) is 33.1 Å². The third-order valence-electron chi connectivity index (χ3n) is 5.99. The van der Waals surface area contributed by atoms with E-state index in [0.717, 1.165) is 42.9 Å². The van der Waals surface area contributed by atoms with Gasteiger partial charge in [-0.25, -0.2) is 10.5 Å². The maximum Gasteiger partial charge on any atom is 0.143 e. The van der Waals surface area contributed by atoms with Crippen LogP contribution in [0, 0.1) is 17.2 Å². The number of nitrogens with zero attached hydrogens (tertiary/aromatic N) is 1. The Morgan fingerprint density at radius 3 is 2.76 bits per heavy atom. The molecule has 2 heterocycles. The molecular formula is C23H24ClFNOSY-. The third kappa shape index (κ3) is 5.46. The van der Waals surface area contributed by atoms with Crippen molar-refractivity contribution in [2.45, 2.75) is 49.8 Å². The Morgan fingerprint density at radius 1 is 1.10 bits per heavy atom. The molecule has 0 spiro atoms. The van der Waals surface area contributed by atoms with E-state index in [4.69, 9.17) is 11.6 Å². The number of hydrogen-bond acceptors (Lipinski definition) is 3. The van der Waals surface area contributed by atoms with Crippen molar-refractivity contribution in [3.8, 4) is 0 Å². The Bertz CT molecular complexity index is 909. The van der Waals surface area contributed by atoms with Gasteiger partial charge in [0.15, 0.2) is 0 Å². The van der Waals surface area contributed by atoms with Crippen LogP contribution in [0.1, 0.15) is 29.7 Å². The molecule has 1 aliphatic carbocycles. The number of hydrogen-bond donors (Lipinski definition) is 1. The molecule has 1 aliphatic rings. The van der Waals surface area contributed by atoms with Gasteiger partial charge in [-0.05, 0) is 48.1 Å². The third-order valence-corrected chi connectivity index (χ3v) is 7.41. The molecule has 5 atom stereocenters. The molecule has 3 unspecified atom stereocenters. The van der Waals surface area contributed by atoms with Crippen LogP contribution >= 0.6 is 22.9 Å². The number of aromatic nitrogens is 1. The van der Waals surface area contributed by atoms with E-state index in [1.165, 1.54) is 10.4 Å². The molecule has 2 aromatic heterocycles. The van der Waals surface area contributed by atoms with Crippen LogP contribution in [0.15, 0.2) is 48.8 Å². The summed E-state index contributed by atoms with van der Waals surface area (Å²) in [5.41, 5.74) is 1.22. The second kappa shape index (κ2) is 10.8. The number of rotatable bonds is 7. The molecule has 1 fully saturated rings. The number of fused-ring (bicyclic) bond motifs is 1. The van der Waals surface area contributed by atoms with Gasteiger partial charge in [-0.2, -0.15) is 6.07 Å². The molecule has 0 aliphatic heterocycles. The van der Waals surface area contributed by atoms with Crippen LogP contribution in [0.5, 0.6) is 0 Å². The number of thiophene rings is 1. The van der Waals surface area contributed by atoms with Crippen molar-refractivity contribution in [2.75, 3.05) is 0 Å². The number of halogens is 2. The van der Waals surface area contributed by atoms with Gasteiger partial charge in [0.05, 0.1) is 11.5 Å². The smallest absolute Gasteiger partial charge is 0.143 e. The van der Waals surface area contributed by atoms with Crippen molar-refractivity contribution >= 4 is 33.7 Å². The molecule has 6 heteroatoms. The molecule has 1 saturated carbocycles. The number of aliphatic hydroxyl groups is 1. The zero-order valence-corrected chi connectivity index (χ0v) is 20.6. The van der Waals surface area contributed by atoms with Crippen LogP contribution in [-0.2, 0) is 45.6 Å². The van der Waals surface area contributed by atoms with Crippen molar-refractivity contribution in [3.05, 3.63) is 64.6 Å². The molecule has 1 radical (unpaired) electrons. The largest absolute Gasteiger partial charge is 0.390 e. The van der Waals surface area contributed by atoms with Crippen molar-refractivity contribution in [1.82, 2.24) is 4.98 Å². The second-order valence-corrected chi connectivity index (χ2v) is 9.18. The maximum atomic E-state index is 14.5. The zero-order valence-electron chi connectivity index (χ0n) is 16.2. The van der Waals surface area contributed by atoms with Gasteiger partial charge in [0, 0.05) is 50.5 Å². The van der Waals surface area contributed by atoms with Crippen molar-refractivity contribution in [3.63, 3.8) is 0 Å². The number of aryl methyl sites for hydroxylation is 2. The summed E-state index contributed by atoms with van der Waals surface area (Å²) in [6.45, 7) is 0. The average molecular weight is 506 g/mol. The average Bonchev–Trinajstić information content (AvgIpc) is 3.30. The van der Waals surface area contributed by atoms with Crippen LogP contribution in [0.3, 0.4) is 0 Å². The second-order valence-electron chi connectivity index (χ2n) is 7.71. The summed E-state index contributed by atoms with van der Waals surface area (Å²) < 4.78 is 14.5. The first-order chi connectivity index (χ1) is 13.6. The van der Waals surface area contributed by atoms with E-state index in [1.54, 1.807) is 17.5 Å². The molecule has 0 saturated heterocycles. The predicted molar refractivity (Wildman–Crippen MR) is 114 cm³/mol. The molecular weight excluding hydrogens is 482 g/mol. The minimum atomic E-state index is -1.34. The first-order valence-corrected chi connectivity index (χ1v) is 11.1. The van der Waals surface area contributed by atoms with Gasteiger partial charge in [0.1, 0.15) is 6.17 Å². The van der Waals surface area contributed by atoms with Crippen LogP contribution in [0.2, 0.25) is 0 Å². The van der Waals surface area contributed by atoms with Crippen molar-refractivity contribution in [1.29, 1.82) is 0 Å². The molecule has 0 bridgehead atoms. The van der Waals surface area contributed by atoms with E-state index >= 15 is 0 Å². The van der Waals surface area contributed by atoms with E-state index < -0.39 is 17.7 Å². The Morgan fingerprint density at radius 2 is 1.97 bits per heavy atom. The molecule has 0 amide bonds. The molecule has 1 N–H and O–H groups in total. The first-order valence-electron chi connectivity index (χ1n) is 9.87. The van der Waals surface area contributed by atoms with Gasteiger partial charge >= 0.3 is 0 Å². The molecule has 151 valence electrons. The number of alkyl halides is 2. The molecule has 1 aromatic carbocycles. The normalized spacial score (nSPS) is 26.5. The van der Waals surface area contributed by atoms with Crippen LogP contribution < -0.4 is 0 Å². The fraction of sp³-hybridized carbons (Fsp3) is 0.435. The Hall–Kier alpha value is -0.386. The fourth-order valence-corrected chi connectivity index (χ4v) is 5.58. The molecule has 4 rings (SSSR count). The van der Waals surface area contributed by atoms with Gasteiger partial charge in [0.25, 0.3) is 0 Å². The summed E-state index contributed by atoms with van der Waals surface area (Å²) in [7, 11) is 0. The summed E-state index contributed by atoms with van der Waals surface area (Å²) in [6.07, 6.45) is 5.68. The van der Waals surface area contributed by atoms with E-state index in [0.29, 0.717) is 0 Å². The van der Waals surface area contributed by atoms with Gasteiger partial charge < -0.3 is 16.4 Å². The van der Waals surface area contributed by atoms with Crippen molar-refractivity contribution in [2.24, 2.45) is 11.8 Å². The van der Waals surface area contributed by atoms with Crippen LogP contribution in [-0.4, -0.2) is 27.7 Å².